The molecule has 0 saturated carbocycles. The molecule has 0 aromatic carbocycles. The summed E-state index contributed by atoms with van der Waals surface area (Å²) in [5.41, 5.74) is 1.93. The summed E-state index contributed by atoms with van der Waals surface area (Å²) in [6.07, 6.45) is 1.79. The van der Waals surface area contributed by atoms with Crippen LogP contribution >= 0.6 is 0 Å². The fourth-order valence-corrected chi connectivity index (χ4v) is 1.46. The lowest BCUT2D eigenvalue weighted by Crippen LogP contribution is -2.06. The second kappa shape index (κ2) is 3.14. The van der Waals surface area contributed by atoms with Crippen molar-refractivity contribution in [1.82, 2.24) is 9.38 Å². The lowest BCUT2D eigenvalue weighted by molar-refractivity contribution is 0.0592. The van der Waals surface area contributed by atoms with E-state index in [0.717, 1.165) is 5.65 Å². The number of esters is 1. The van der Waals surface area contributed by atoms with E-state index in [-0.39, 0.29) is 5.97 Å². The molecule has 2 aromatic heterocycles. The first-order valence-corrected chi connectivity index (χ1v) is 4.26. The van der Waals surface area contributed by atoms with Gasteiger partial charge in [0.05, 0.1) is 12.8 Å². The van der Waals surface area contributed by atoms with Crippen molar-refractivity contribution in [2.45, 2.75) is 6.92 Å². The summed E-state index contributed by atoms with van der Waals surface area (Å²) in [5, 5.41) is 0. The quantitative estimate of drug-likeness (QED) is 0.639. The highest BCUT2D eigenvalue weighted by Gasteiger charge is 2.15. The molecular formula is C10H10N2O2. The van der Waals surface area contributed by atoms with Crippen molar-refractivity contribution < 1.29 is 9.53 Å². The third kappa shape index (κ3) is 1.16. The van der Waals surface area contributed by atoms with Crippen LogP contribution in [0.4, 0.5) is 0 Å². The largest absolute Gasteiger partial charge is 0.464 e. The molecule has 0 saturated heterocycles. The fourth-order valence-electron chi connectivity index (χ4n) is 1.46. The molecule has 0 radical (unpaired) electrons. The molecule has 0 N–H and O–H groups in total. The van der Waals surface area contributed by atoms with Gasteiger partial charge in [-0.3, -0.25) is 4.40 Å². The van der Waals surface area contributed by atoms with Gasteiger partial charge < -0.3 is 4.74 Å². The maximum Gasteiger partial charge on any atom is 0.356 e. The second-order valence-electron chi connectivity index (χ2n) is 2.97. The summed E-state index contributed by atoms with van der Waals surface area (Å²) >= 11 is 0. The van der Waals surface area contributed by atoms with Crippen LogP contribution in [0.5, 0.6) is 0 Å². The number of aromatic nitrogens is 2. The van der Waals surface area contributed by atoms with E-state index in [1.165, 1.54) is 7.11 Å². The lowest BCUT2D eigenvalue weighted by atomic mass is 10.3. The Morgan fingerprint density at radius 3 is 3.00 bits per heavy atom. The van der Waals surface area contributed by atoms with E-state index in [1.54, 1.807) is 17.5 Å². The molecule has 2 rings (SSSR count). The standard InChI is InChI=1S/C10H10N2O2/c1-7-9(10(13)14-2)12-6-4-3-5-8(12)11-7/h3-6H,1-2H3. The Hall–Kier alpha value is -1.84. The molecule has 2 aromatic rings. The number of rotatable bonds is 1. The zero-order valence-electron chi connectivity index (χ0n) is 8.02. The van der Waals surface area contributed by atoms with Gasteiger partial charge in [-0.05, 0) is 19.1 Å². The zero-order valence-corrected chi connectivity index (χ0v) is 8.02. The van der Waals surface area contributed by atoms with Gasteiger partial charge in [-0.25, -0.2) is 9.78 Å². The monoisotopic (exact) mass is 190 g/mol. The highest BCUT2D eigenvalue weighted by Crippen LogP contribution is 2.12. The van der Waals surface area contributed by atoms with Crippen LogP contribution < -0.4 is 0 Å². The summed E-state index contributed by atoms with van der Waals surface area (Å²) in [4.78, 5) is 15.7. The molecule has 72 valence electrons. The van der Waals surface area contributed by atoms with Gasteiger partial charge in [0.25, 0.3) is 0 Å². The number of hydrogen-bond acceptors (Lipinski definition) is 3. The lowest BCUT2D eigenvalue weighted by Gasteiger charge is -1.99. The van der Waals surface area contributed by atoms with Crippen molar-refractivity contribution in [2.75, 3.05) is 7.11 Å². The van der Waals surface area contributed by atoms with E-state index in [2.05, 4.69) is 9.72 Å². The SMILES string of the molecule is COC(=O)c1c(C)nc2ccccn12. The van der Waals surface area contributed by atoms with E-state index in [0.29, 0.717) is 11.4 Å². The molecule has 0 atom stereocenters. The average Bonchev–Trinajstić information content (AvgIpc) is 2.53. The van der Waals surface area contributed by atoms with E-state index < -0.39 is 0 Å². The second-order valence-corrected chi connectivity index (χ2v) is 2.97. The molecule has 0 spiro atoms. The Balaban J connectivity index is 2.74. The Morgan fingerprint density at radius 1 is 1.50 bits per heavy atom. The first-order chi connectivity index (χ1) is 6.74. The number of nitrogens with zero attached hydrogens (tertiary/aromatic N) is 2. The number of imidazole rings is 1. The number of fused-ring (bicyclic) bond motifs is 1. The third-order valence-corrected chi connectivity index (χ3v) is 2.08. The first kappa shape index (κ1) is 8.74. The number of methoxy groups -OCH3 is 1. The summed E-state index contributed by atoms with van der Waals surface area (Å²) < 4.78 is 6.41. The van der Waals surface area contributed by atoms with E-state index in [4.69, 9.17) is 0 Å². The maximum absolute atomic E-state index is 11.4. The van der Waals surface area contributed by atoms with Crippen LogP contribution in [0.15, 0.2) is 24.4 Å². The van der Waals surface area contributed by atoms with Crippen LogP contribution in [0.2, 0.25) is 0 Å². The summed E-state index contributed by atoms with van der Waals surface area (Å²) in [6.45, 7) is 1.79. The normalized spacial score (nSPS) is 10.4. The maximum atomic E-state index is 11.4. The smallest absolute Gasteiger partial charge is 0.356 e. The summed E-state index contributed by atoms with van der Waals surface area (Å²) in [5.74, 6) is -0.360. The Labute approximate surface area is 81.1 Å². The summed E-state index contributed by atoms with van der Waals surface area (Å²) in [6, 6.07) is 5.57. The van der Waals surface area contributed by atoms with Crippen molar-refractivity contribution in [2.24, 2.45) is 0 Å². The van der Waals surface area contributed by atoms with Crippen molar-refractivity contribution in [3.05, 3.63) is 35.8 Å². The molecule has 4 heteroatoms. The van der Waals surface area contributed by atoms with Gasteiger partial charge in [0.15, 0.2) is 5.69 Å². The molecule has 0 aliphatic carbocycles. The predicted molar refractivity (Wildman–Crippen MR) is 51.3 cm³/mol. The number of aryl methyl sites for hydroxylation is 1. The molecule has 2 heterocycles. The molecule has 0 bridgehead atoms. The van der Waals surface area contributed by atoms with Crippen LogP contribution in [0.1, 0.15) is 16.2 Å². The van der Waals surface area contributed by atoms with Crippen LogP contribution in [0.3, 0.4) is 0 Å². The topological polar surface area (TPSA) is 43.6 Å². The average molecular weight is 190 g/mol. The van der Waals surface area contributed by atoms with E-state index in [9.17, 15) is 4.79 Å². The minimum absolute atomic E-state index is 0.360. The number of hydrogen-bond donors (Lipinski definition) is 0. The number of ether oxygens (including phenoxy) is 1. The first-order valence-electron chi connectivity index (χ1n) is 4.26. The minimum Gasteiger partial charge on any atom is -0.464 e. The van der Waals surface area contributed by atoms with Crippen molar-refractivity contribution in [3.8, 4) is 0 Å². The third-order valence-electron chi connectivity index (χ3n) is 2.08. The molecule has 0 amide bonds. The predicted octanol–water partition coefficient (Wildman–Crippen LogP) is 1.43. The highest BCUT2D eigenvalue weighted by molar-refractivity contribution is 5.89. The Bertz CT molecular complexity index is 488. The molecular weight excluding hydrogens is 180 g/mol. The van der Waals surface area contributed by atoms with Gasteiger partial charge in [-0.2, -0.15) is 0 Å². The van der Waals surface area contributed by atoms with Crippen LogP contribution in [0, 0.1) is 6.92 Å². The molecule has 0 fully saturated rings. The Kier molecular flexibility index (Phi) is 1.96. The van der Waals surface area contributed by atoms with Crippen LogP contribution in [-0.4, -0.2) is 22.5 Å². The number of pyridine rings is 1. The van der Waals surface area contributed by atoms with Gasteiger partial charge in [-0.15, -0.1) is 0 Å². The van der Waals surface area contributed by atoms with Gasteiger partial charge in [-0.1, -0.05) is 6.07 Å². The minimum atomic E-state index is -0.360. The van der Waals surface area contributed by atoms with Crippen molar-refractivity contribution in [3.63, 3.8) is 0 Å². The molecule has 4 nitrogen and oxygen atoms in total. The van der Waals surface area contributed by atoms with E-state index in [1.807, 2.05) is 18.2 Å². The van der Waals surface area contributed by atoms with E-state index >= 15 is 0 Å². The molecule has 0 aliphatic heterocycles. The van der Waals surface area contributed by atoms with Gasteiger partial charge in [0, 0.05) is 6.20 Å². The molecule has 0 aliphatic rings. The molecule has 14 heavy (non-hydrogen) atoms. The van der Waals surface area contributed by atoms with Crippen molar-refractivity contribution in [1.29, 1.82) is 0 Å². The highest BCUT2D eigenvalue weighted by atomic mass is 16.5. The summed E-state index contributed by atoms with van der Waals surface area (Å²) in [7, 11) is 1.37. The van der Waals surface area contributed by atoms with Gasteiger partial charge in [0.1, 0.15) is 5.65 Å². The van der Waals surface area contributed by atoms with Gasteiger partial charge >= 0.3 is 5.97 Å². The van der Waals surface area contributed by atoms with Gasteiger partial charge in [0.2, 0.25) is 0 Å². The van der Waals surface area contributed by atoms with Crippen molar-refractivity contribution >= 4 is 11.6 Å². The van der Waals surface area contributed by atoms with Crippen LogP contribution in [-0.2, 0) is 4.74 Å². The number of carbonyl (C=O) groups is 1. The fraction of sp³-hybridized carbons (Fsp3) is 0.200. The van der Waals surface area contributed by atoms with Crippen LogP contribution in [0.25, 0.3) is 5.65 Å². The zero-order chi connectivity index (χ0) is 10.1. The number of carbonyl (C=O) groups excluding carboxylic acids is 1. The molecule has 0 unspecified atom stereocenters. The Morgan fingerprint density at radius 2 is 2.29 bits per heavy atom.